The smallest absolute Gasteiger partial charge is 0.238 e. The molecule has 0 heterocycles. The SMILES string of the molecule is CN(CC(=O)Nc1cccc(Cl)c1)Cc1ccc(Cl)cc1. The summed E-state index contributed by atoms with van der Waals surface area (Å²) < 4.78 is 0. The van der Waals surface area contributed by atoms with Crippen LogP contribution in [0, 0.1) is 0 Å². The van der Waals surface area contributed by atoms with Crippen molar-refractivity contribution in [3.8, 4) is 0 Å². The van der Waals surface area contributed by atoms with Gasteiger partial charge in [0.25, 0.3) is 0 Å². The minimum absolute atomic E-state index is 0.0752. The number of hydrogen-bond donors (Lipinski definition) is 1. The fraction of sp³-hybridized carbons (Fsp3) is 0.188. The number of benzene rings is 2. The molecule has 0 fully saturated rings. The van der Waals surface area contributed by atoms with Crippen molar-refractivity contribution in [1.29, 1.82) is 0 Å². The van der Waals surface area contributed by atoms with Gasteiger partial charge in [0.1, 0.15) is 0 Å². The largest absolute Gasteiger partial charge is 0.325 e. The van der Waals surface area contributed by atoms with Gasteiger partial charge in [0, 0.05) is 22.3 Å². The van der Waals surface area contributed by atoms with E-state index >= 15 is 0 Å². The van der Waals surface area contributed by atoms with Crippen molar-refractivity contribution in [3.05, 3.63) is 64.1 Å². The molecule has 1 amide bonds. The van der Waals surface area contributed by atoms with Crippen LogP contribution in [0.25, 0.3) is 0 Å². The highest BCUT2D eigenvalue weighted by atomic mass is 35.5. The highest BCUT2D eigenvalue weighted by Crippen LogP contribution is 2.15. The summed E-state index contributed by atoms with van der Waals surface area (Å²) in [5.74, 6) is -0.0752. The second kappa shape index (κ2) is 7.46. The molecule has 2 rings (SSSR count). The molecule has 5 heteroatoms. The number of carbonyl (C=O) groups excluding carboxylic acids is 1. The predicted molar refractivity (Wildman–Crippen MR) is 87.9 cm³/mol. The van der Waals surface area contributed by atoms with E-state index in [2.05, 4.69) is 5.32 Å². The van der Waals surface area contributed by atoms with Crippen molar-refractivity contribution in [1.82, 2.24) is 4.90 Å². The maximum atomic E-state index is 12.0. The lowest BCUT2D eigenvalue weighted by molar-refractivity contribution is -0.117. The van der Waals surface area contributed by atoms with Crippen LogP contribution in [0.15, 0.2) is 48.5 Å². The van der Waals surface area contributed by atoms with E-state index < -0.39 is 0 Å². The topological polar surface area (TPSA) is 32.3 Å². The third kappa shape index (κ3) is 5.38. The van der Waals surface area contributed by atoms with Crippen molar-refractivity contribution in [2.45, 2.75) is 6.54 Å². The highest BCUT2D eigenvalue weighted by molar-refractivity contribution is 6.31. The van der Waals surface area contributed by atoms with Crippen molar-refractivity contribution in [2.75, 3.05) is 18.9 Å². The van der Waals surface area contributed by atoms with Crippen LogP contribution in [0.1, 0.15) is 5.56 Å². The lowest BCUT2D eigenvalue weighted by Crippen LogP contribution is -2.29. The number of halogens is 2. The first-order valence-corrected chi connectivity index (χ1v) is 7.27. The van der Waals surface area contributed by atoms with Gasteiger partial charge in [-0.2, -0.15) is 0 Å². The molecular formula is C16H16Cl2N2O. The van der Waals surface area contributed by atoms with Crippen molar-refractivity contribution < 1.29 is 4.79 Å². The van der Waals surface area contributed by atoms with Crippen LogP contribution in [-0.2, 0) is 11.3 Å². The molecule has 2 aromatic rings. The molecule has 0 saturated carbocycles. The van der Waals surface area contributed by atoms with Crippen molar-refractivity contribution >= 4 is 34.8 Å². The van der Waals surface area contributed by atoms with Crippen molar-refractivity contribution in [3.63, 3.8) is 0 Å². The van der Waals surface area contributed by atoms with Crippen LogP contribution in [0.4, 0.5) is 5.69 Å². The predicted octanol–water partition coefficient (Wildman–Crippen LogP) is 4.06. The number of nitrogens with one attached hydrogen (secondary N) is 1. The molecule has 0 bridgehead atoms. The Morgan fingerprint density at radius 1 is 1.10 bits per heavy atom. The zero-order valence-corrected chi connectivity index (χ0v) is 13.2. The Kier molecular flexibility index (Phi) is 5.62. The second-order valence-corrected chi connectivity index (χ2v) is 5.73. The van der Waals surface area contributed by atoms with E-state index in [4.69, 9.17) is 23.2 Å². The molecule has 21 heavy (non-hydrogen) atoms. The Morgan fingerprint density at radius 2 is 1.81 bits per heavy atom. The summed E-state index contributed by atoms with van der Waals surface area (Å²) in [6, 6.07) is 14.7. The van der Waals surface area contributed by atoms with Crippen LogP contribution in [0.3, 0.4) is 0 Å². The van der Waals surface area contributed by atoms with Crippen LogP contribution in [-0.4, -0.2) is 24.4 Å². The van der Waals surface area contributed by atoms with Gasteiger partial charge in [0.15, 0.2) is 0 Å². The molecule has 0 spiro atoms. The van der Waals surface area contributed by atoms with Crippen LogP contribution >= 0.6 is 23.2 Å². The summed E-state index contributed by atoms with van der Waals surface area (Å²) >= 11 is 11.7. The Hall–Kier alpha value is -1.55. The zero-order chi connectivity index (χ0) is 15.2. The number of rotatable bonds is 5. The quantitative estimate of drug-likeness (QED) is 0.900. The average molecular weight is 323 g/mol. The van der Waals surface area contributed by atoms with Gasteiger partial charge in [-0.15, -0.1) is 0 Å². The maximum absolute atomic E-state index is 12.0. The molecule has 0 saturated heterocycles. The first-order valence-electron chi connectivity index (χ1n) is 6.51. The van der Waals surface area contributed by atoms with Gasteiger partial charge in [-0.3, -0.25) is 9.69 Å². The highest BCUT2D eigenvalue weighted by Gasteiger charge is 2.08. The molecule has 0 aliphatic rings. The second-order valence-electron chi connectivity index (χ2n) is 4.86. The Morgan fingerprint density at radius 3 is 2.48 bits per heavy atom. The lowest BCUT2D eigenvalue weighted by Gasteiger charge is -2.16. The summed E-state index contributed by atoms with van der Waals surface area (Å²) in [4.78, 5) is 13.9. The molecule has 0 unspecified atom stereocenters. The molecular weight excluding hydrogens is 307 g/mol. The minimum Gasteiger partial charge on any atom is -0.325 e. The fourth-order valence-corrected chi connectivity index (χ4v) is 2.29. The van der Waals surface area contributed by atoms with Crippen molar-refractivity contribution in [2.24, 2.45) is 0 Å². The number of carbonyl (C=O) groups is 1. The van der Waals surface area contributed by atoms with Gasteiger partial charge < -0.3 is 5.32 Å². The van der Waals surface area contributed by atoms with E-state index in [1.807, 2.05) is 42.3 Å². The van der Waals surface area contributed by atoms with E-state index in [0.29, 0.717) is 28.8 Å². The van der Waals surface area contributed by atoms with Gasteiger partial charge in [0.2, 0.25) is 5.91 Å². The van der Waals surface area contributed by atoms with Crippen LogP contribution < -0.4 is 5.32 Å². The van der Waals surface area contributed by atoms with E-state index in [0.717, 1.165) is 5.56 Å². The number of anilines is 1. The summed E-state index contributed by atoms with van der Waals surface area (Å²) in [6.45, 7) is 0.981. The first-order chi connectivity index (χ1) is 10.0. The Labute approximate surface area is 134 Å². The van der Waals surface area contributed by atoms with Gasteiger partial charge in [-0.1, -0.05) is 41.4 Å². The molecule has 0 aliphatic heterocycles. The number of hydrogen-bond acceptors (Lipinski definition) is 2. The van der Waals surface area contributed by atoms with E-state index in [9.17, 15) is 4.79 Å². The molecule has 2 aromatic carbocycles. The molecule has 0 aliphatic carbocycles. The normalized spacial score (nSPS) is 10.7. The molecule has 110 valence electrons. The standard InChI is InChI=1S/C16H16Cl2N2O/c1-20(10-12-5-7-13(17)8-6-12)11-16(21)19-15-4-2-3-14(18)9-15/h2-9H,10-11H2,1H3,(H,19,21). The third-order valence-corrected chi connectivity index (χ3v) is 3.37. The molecule has 0 aromatic heterocycles. The fourth-order valence-electron chi connectivity index (χ4n) is 1.97. The molecule has 3 nitrogen and oxygen atoms in total. The average Bonchev–Trinajstić information content (AvgIpc) is 2.41. The molecule has 1 N–H and O–H groups in total. The first kappa shape index (κ1) is 15.8. The zero-order valence-electron chi connectivity index (χ0n) is 11.6. The Balaban J connectivity index is 1.86. The van der Waals surface area contributed by atoms with E-state index in [1.165, 1.54) is 0 Å². The molecule has 0 atom stereocenters. The lowest BCUT2D eigenvalue weighted by atomic mass is 10.2. The minimum atomic E-state index is -0.0752. The third-order valence-electron chi connectivity index (χ3n) is 2.89. The van der Waals surface area contributed by atoms with Crippen LogP contribution in [0.2, 0.25) is 10.0 Å². The summed E-state index contributed by atoms with van der Waals surface area (Å²) in [7, 11) is 1.89. The Bertz CT molecular complexity index is 614. The maximum Gasteiger partial charge on any atom is 0.238 e. The van der Waals surface area contributed by atoms with E-state index in [-0.39, 0.29) is 5.91 Å². The number of nitrogens with zero attached hydrogens (tertiary/aromatic N) is 1. The van der Waals surface area contributed by atoms with Gasteiger partial charge >= 0.3 is 0 Å². The summed E-state index contributed by atoms with van der Waals surface area (Å²) in [6.07, 6.45) is 0. The number of likely N-dealkylation sites (N-methyl/N-ethyl adjacent to an activating group) is 1. The number of amides is 1. The van der Waals surface area contributed by atoms with Gasteiger partial charge in [0.05, 0.1) is 6.54 Å². The monoisotopic (exact) mass is 322 g/mol. The molecule has 0 radical (unpaired) electrons. The summed E-state index contributed by atoms with van der Waals surface area (Å²) in [5.41, 5.74) is 1.81. The van der Waals surface area contributed by atoms with Crippen LogP contribution in [0.5, 0.6) is 0 Å². The van der Waals surface area contributed by atoms with Gasteiger partial charge in [-0.05, 0) is 42.9 Å². The van der Waals surface area contributed by atoms with E-state index in [1.54, 1.807) is 18.2 Å². The van der Waals surface area contributed by atoms with Gasteiger partial charge in [-0.25, -0.2) is 0 Å². The summed E-state index contributed by atoms with van der Waals surface area (Å²) in [5, 5.41) is 4.13.